The average Bonchev–Trinajstić information content (AvgIpc) is 3.43. The van der Waals surface area contributed by atoms with Gasteiger partial charge < -0.3 is 4.42 Å². The number of rotatable bonds is 4. The molecule has 7 aromatic rings. The largest absolute Gasteiger partial charge is 0.436 e. The summed E-state index contributed by atoms with van der Waals surface area (Å²) < 4.78 is 6.00. The first-order valence-corrected chi connectivity index (χ1v) is 12.6. The Morgan fingerprint density at radius 2 is 0.974 bits per heavy atom. The molecule has 0 fully saturated rings. The molecule has 38 heavy (non-hydrogen) atoms. The quantitative estimate of drug-likeness (QED) is 0.248. The van der Waals surface area contributed by atoms with E-state index in [1.807, 2.05) is 67.6 Å². The Morgan fingerprint density at radius 3 is 1.58 bits per heavy atom. The first-order valence-electron chi connectivity index (χ1n) is 12.6. The van der Waals surface area contributed by atoms with Gasteiger partial charge in [-0.15, -0.1) is 0 Å². The van der Waals surface area contributed by atoms with Crippen molar-refractivity contribution in [3.8, 4) is 45.1 Å². The third kappa shape index (κ3) is 3.93. The van der Waals surface area contributed by atoms with Crippen LogP contribution in [0.1, 0.15) is 5.56 Å². The molecule has 0 N–H and O–H groups in total. The fourth-order valence-electron chi connectivity index (χ4n) is 4.83. The third-order valence-corrected chi connectivity index (χ3v) is 6.86. The lowest BCUT2D eigenvalue weighted by molar-refractivity contribution is 0.620. The molecule has 0 radical (unpaired) electrons. The van der Waals surface area contributed by atoms with E-state index in [1.54, 1.807) is 0 Å². The van der Waals surface area contributed by atoms with Crippen molar-refractivity contribution in [1.82, 2.24) is 15.0 Å². The molecule has 0 aliphatic rings. The van der Waals surface area contributed by atoms with Crippen LogP contribution < -0.4 is 0 Å². The van der Waals surface area contributed by atoms with E-state index >= 15 is 0 Å². The van der Waals surface area contributed by atoms with Crippen molar-refractivity contribution in [3.05, 3.63) is 127 Å². The highest BCUT2D eigenvalue weighted by molar-refractivity contribution is 5.87. The lowest BCUT2D eigenvalue weighted by Gasteiger charge is -2.11. The van der Waals surface area contributed by atoms with Crippen LogP contribution >= 0.6 is 0 Å². The van der Waals surface area contributed by atoms with Crippen molar-refractivity contribution < 1.29 is 4.42 Å². The predicted molar refractivity (Wildman–Crippen MR) is 154 cm³/mol. The predicted octanol–water partition coefficient (Wildman–Crippen LogP) is 8.75. The molecule has 2 heterocycles. The Bertz CT molecular complexity index is 1900. The zero-order chi connectivity index (χ0) is 25.5. The van der Waals surface area contributed by atoms with Gasteiger partial charge in [-0.25, -0.2) is 15.0 Å². The van der Waals surface area contributed by atoms with Gasteiger partial charge in [-0.1, -0.05) is 91.0 Å². The number of para-hydroxylation sites is 3. The maximum atomic E-state index is 6.00. The van der Waals surface area contributed by atoms with E-state index in [-0.39, 0.29) is 0 Å². The van der Waals surface area contributed by atoms with Gasteiger partial charge in [-0.2, -0.15) is 0 Å². The zero-order valence-corrected chi connectivity index (χ0v) is 20.8. The molecule has 5 aromatic carbocycles. The van der Waals surface area contributed by atoms with Crippen LogP contribution in [0.25, 0.3) is 67.2 Å². The van der Waals surface area contributed by atoms with Crippen LogP contribution in [-0.2, 0) is 0 Å². The van der Waals surface area contributed by atoms with Crippen LogP contribution in [0, 0.1) is 6.92 Å². The minimum absolute atomic E-state index is 0.638. The van der Waals surface area contributed by atoms with Gasteiger partial charge in [0.25, 0.3) is 0 Å². The number of hydrogen-bond donors (Lipinski definition) is 0. The molecular weight excluding hydrogens is 466 g/mol. The number of hydrogen-bond acceptors (Lipinski definition) is 4. The minimum atomic E-state index is 0.638. The molecule has 0 saturated carbocycles. The van der Waals surface area contributed by atoms with Gasteiger partial charge in [0.15, 0.2) is 5.58 Å². The molecule has 2 aromatic heterocycles. The van der Waals surface area contributed by atoms with E-state index in [9.17, 15) is 0 Å². The summed E-state index contributed by atoms with van der Waals surface area (Å²) in [6, 6.07) is 41.1. The summed E-state index contributed by atoms with van der Waals surface area (Å²) >= 11 is 0. The zero-order valence-electron chi connectivity index (χ0n) is 20.8. The molecule has 0 aliphatic carbocycles. The number of aryl methyl sites for hydroxylation is 1. The van der Waals surface area contributed by atoms with Crippen molar-refractivity contribution in [1.29, 1.82) is 0 Å². The van der Waals surface area contributed by atoms with Gasteiger partial charge in [0.2, 0.25) is 5.89 Å². The Kier molecular flexibility index (Phi) is 5.30. The second-order valence-corrected chi connectivity index (χ2v) is 9.37. The van der Waals surface area contributed by atoms with Crippen LogP contribution in [0.15, 0.2) is 126 Å². The lowest BCUT2D eigenvalue weighted by atomic mass is 9.99. The fraction of sp³-hybridized carbons (Fsp3) is 0.0294. The maximum Gasteiger partial charge on any atom is 0.227 e. The van der Waals surface area contributed by atoms with E-state index in [4.69, 9.17) is 19.4 Å². The molecule has 0 spiro atoms. The van der Waals surface area contributed by atoms with Gasteiger partial charge in [-0.05, 0) is 53.9 Å². The van der Waals surface area contributed by atoms with Crippen molar-refractivity contribution in [2.24, 2.45) is 0 Å². The highest BCUT2D eigenvalue weighted by atomic mass is 16.3. The van der Waals surface area contributed by atoms with Crippen molar-refractivity contribution in [2.45, 2.75) is 6.92 Å². The molecule has 0 amide bonds. The standard InChI is InChI=1S/C34H23N3O/c1-22-8-7-13-30-31(22)37-34(38-30)27-20-16-24(17-21-27)23-14-18-26(19-15-23)33-32(25-9-3-2-4-10-25)35-28-11-5-6-12-29(28)36-33/h2-21H,1H3. The van der Waals surface area contributed by atoms with Gasteiger partial charge >= 0.3 is 0 Å². The number of fused-ring (bicyclic) bond motifs is 2. The summed E-state index contributed by atoms with van der Waals surface area (Å²) in [5.41, 5.74) is 11.7. The smallest absolute Gasteiger partial charge is 0.227 e. The SMILES string of the molecule is Cc1cccc2oc(-c3ccc(-c4ccc(-c5nc6ccccc6nc5-c5ccccc5)cc4)cc3)nc12. The monoisotopic (exact) mass is 489 g/mol. The summed E-state index contributed by atoms with van der Waals surface area (Å²) in [7, 11) is 0. The Labute approximate surface area is 220 Å². The summed E-state index contributed by atoms with van der Waals surface area (Å²) in [6.45, 7) is 2.05. The Morgan fingerprint density at radius 1 is 0.447 bits per heavy atom. The Hall–Kier alpha value is -5.09. The van der Waals surface area contributed by atoms with Gasteiger partial charge in [0.05, 0.1) is 22.4 Å². The maximum absolute atomic E-state index is 6.00. The number of aromatic nitrogens is 3. The van der Waals surface area contributed by atoms with E-state index < -0.39 is 0 Å². The van der Waals surface area contributed by atoms with Crippen LogP contribution in [0.3, 0.4) is 0 Å². The van der Waals surface area contributed by atoms with Crippen molar-refractivity contribution in [2.75, 3.05) is 0 Å². The number of nitrogens with zero attached hydrogens (tertiary/aromatic N) is 3. The van der Waals surface area contributed by atoms with Crippen molar-refractivity contribution in [3.63, 3.8) is 0 Å². The second-order valence-electron chi connectivity index (χ2n) is 9.37. The number of oxazole rings is 1. The van der Waals surface area contributed by atoms with Crippen molar-refractivity contribution >= 4 is 22.1 Å². The highest BCUT2D eigenvalue weighted by Crippen LogP contribution is 2.33. The molecule has 4 heteroatoms. The third-order valence-electron chi connectivity index (χ3n) is 6.86. The molecule has 0 aliphatic heterocycles. The van der Waals surface area contributed by atoms with E-state index in [0.717, 1.165) is 66.9 Å². The summed E-state index contributed by atoms with van der Waals surface area (Å²) in [5.74, 6) is 0.638. The van der Waals surface area contributed by atoms with E-state index in [2.05, 4.69) is 60.7 Å². The molecule has 0 unspecified atom stereocenters. The van der Waals surface area contributed by atoms with Crippen LogP contribution in [0.5, 0.6) is 0 Å². The minimum Gasteiger partial charge on any atom is -0.436 e. The molecule has 4 nitrogen and oxygen atoms in total. The fourth-order valence-corrected chi connectivity index (χ4v) is 4.83. The first kappa shape index (κ1) is 22.1. The Balaban J connectivity index is 1.23. The summed E-state index contributed by atoms with van der Waals surface area (Å²) in [4.78, 5) is 14.7. The van der Waals surface area contributed by atoms with Gasteiger partial charge in [-0.3, -0.25) is 0 Å². The highest BCUT2D eigenvalue weighted by Gasteiger charge is 2.14. The first-order chi connectivity index (χ1) is 18.7. The molecular formula is C34H23N3O. The van der Waals surface area contributed by atoms with E-state index in [1.165, 1.54) is 0 Å². The van der Waals surface area contributed by atoms with E-state index in [0.29, 0.717) is 5.89 Å². The molecule has 0 saturated heterocycles. The molecule has 0 bridgehead atoms. The molecule has 180 valence electrons. The van der Waals surface area contributed by atoms with Gasteiger partial charge in [0, 0.05) is 16.7 Å². The van der Waals surface area contributed by atoms with Crippen LogP contribution in [-0.4, -0.2) is 15.0 Å². The summed E-state index contributed by atoms with van der Waals surface area (Å²) in [5, 5.41) is 0. The van der Waals surface area contributed by atoms with Crippen LogP contribution in [0.4, 0.5) is 0 Å². The molecule has 7 rings (SSSR count). The van der Waals surface area contributed by atoms with Gasteiger partial charge in [0.1, 0.15) is 5.52 Å². The summed E-state index contributed by atoms with van der Waals surface area (Å²) in [6.07, 6.45) is 0. The second kappa shape index (κ2) is 9.09. The lowest BCUT2D eigenvalue weighted by Crippen LogP contribution is -1.95. The number of benzene rings is 5. The average molecular weight is 490 g/mol. The van der Waals surface area contributed by atoms with Crippen LogP contribution in [0.2, 0.25) is 0 Å². The normalized spacial score (nSPS) is 11.3. The molecule has 0 atom stereocenters. The topological polar surface area (TPSA) is 51.8 Å².